The molecule has 1 atom stereocenters. The molecular formula is C13H18Br2ClNO2S. The van der Waals surface area contributed by atoms with Gasteiger partial charge < -0.3 is 0 Å². The van der Waals surface area contributed by atoms with Gasteiger partial charge in [-0.2, -0.15) is 0 Å². The summed E-state index contributed by atoms with van der Waals surface area (Å²) in [5, 5.41) is 0.209. The first-order valence-corrected chi connectivity index (χ1v) is 9.97. The molecule has 0 radical (unpaired) electrons. The van der Waals surface area contributed by atoms with Crippen molar-refractivity contribution in [2.75, 3.05) is 6.54 Å². The number of hydrogen-bond acceptors (Lipinski definition) is 2. The highest BCUT2D eigenvalue weighted by Gasteiger charge is 2.21. The Balaban J connectivity index is 2.80. The summed E-state index contributed by atoms with van der Waals surface area (Å²) in [4.78, 5) is 0.216. The molecule has 1 N–H and O–H groups in total. The van der Waals surface area contributed by atoms with Gasteiger partial charge >= 0.3 is 0 Å². The molecule has 7 heteroatoms. The van der Waals surface area contributed by atoms with Gasteiger partial charge in [0.15, 0.2) is 0 Å². The van der Waals surface area contributed by atoms with Crippen LogP contribution in [0.25, 0.3) is 0 Å². The molecule has 114 valence electrons. The Morgan fingerprint density at radius 1 is 1.30 bits per heavy atom. The van der Waals surface area contributed by atoms with Crippen molar-refractivity contribution in [1.29, 1.82) is 0 Å². The lowest BCUT2D eigenvalue weighted by Gasteiger charge is -2.20. The Labute approximate surface area is 142 Å². The number of nitrogens with one attached hydrogen (secondary N) is 1. The fraction of sp³-hybridized carbons (Fsp3) is 0.538. The van der Waals surface area contributed by atoms with Crippen LogP contribution in [0.3, 0.4) is 0 Å². The van der Waals surface area contributed by atoms with Gasteiger partial charge in [0.05, 0.1) is 5.02 Å². The second-order valence-electron chi connectivity index (χ2n) is 4.52. The standard InChI is InChI=1S/C13H18Br2ClNO2S/c1-3-9(4-2)11(15)8-17-20(18,19)13-6-5-10(14)7-12(13)16/h5-7,9,11,17H,3-4,8H2,1-2H3. The maximum absolute atomic E-state index is 12.2. The highest BCUT2D eigenvalue weighted by Crippen LogP contribution is 2.26. The minimum Gasteiger partial charge on any atom is -0.210 e. The second kappa shape index (κ2) is 8.13. The summed E-state index contributed by atoms with van der Waals surface area (Å²) in [5.74, 6) is 0.443. The fourth-order valence-electron chi connectivity index (χ4n) is 1.93. The smallest absolute Gasteiger partial charge is 0.210 e. The molecule has 0 amide bonds. The Morgan fingerprint density at radius 2 is 1.90 bits per heavy atom. The second-order valence-corrected chi connectivity index (χ2v) is 8.75. The number of hydrogen-bond donors (Lipinski definition) is 1. The van der Waals surface area contributed by atoms with Gasteiger partial charge in [0, 0.05) is 15.8 Å². The average Bonchev–Trinajstić information content (AvgIpc) is 2.37. The van der Waals surface area contributed by atoms with E-state index in [1.807, 2.05) is 0 Å². The van der Waals surface area contributed by atoms with Crippen LogP contribution in [-0.4, -0.2) is 19.8 Å². The number of alkyl halides is 1. The first kappa shape index (κ1) is 18.4. The van der Waals surface area contributed by atoms with E-state index in [1.165, 1.54) is 6.07 Å². The molecule has 0 saturated carbocycles. The van der Waals surface area contributed by atoms with Crippen LogP contribution >= 0.6 is 43.5 Å². The lowest BCUT2D eigenvalue weighted by Crippen LogP contribution is -2.33. The van der Waals surface area contributed by atoms with E-state index in [-0.39, 0.29) is 14.7 Å². The molecule has 1 rings (SSSR count). The van der Waals surface area contributed by atoms with Crippen LogP contribution in [0.1, 0.15) is 26.7 Å². The van der Waals surface area contributed by atoms with E-state index in [0.29, 0.717) is 12.5 Å². The predicted octanol–water partition coefficient (Wildman–Crippen LogP) is 4.58. The Bertz CT molecular complexity index is 547. The van der Waals surface area contributed by atoms with Crippen LogP contribution in [0.5, 0.6) is 0 Å². The summed E-state index contributed by atoms with van der Waals surface area (Å²) in [6, 6.07) is 4.73. The summed E-state index contributed by atoms with van der Waals surface area (Å²) in [6.07, 6.45) is 2.01. The van der Waals surface area contributed by atoms with E-state index in [4.69, 9.17) is 11.6 Å². The van der Waals surface area contributed by atoms with E-state index >= 15 is 0 Å². The molecule has 1 aromatic carbocycles. The van der Waals surface area contributed by atoms with Crippen molar-refractivity contribution >= 4 is 53.5 Å². The van der Waals surface area contributed by atoms with E-state index < -0.39 is 10.0 Å². The first-order valence-electron chi connectivity index (χ1n) is 6.40. The molecule has 0 fully saturated rings. The van der Waals surface area contributed by atoms with E-state index in [0.717, 1.165) is 17.3 Å². The van der Waals surface area contributed by atoms with Gasteiger partial charge in [-0.05, 0) is 24.1 Å². The largest absolute Gasteiger partial charge is 0.242 e. The molecule has 20 heavy (non-hydrogen) atoms. The number of rotatable bonds is 7. The summed E-state index contributed by atoms with van der Waals surface area (Å²) in [7, 11) is -3.59. The minimum atomic E-state index is -3.59. The van der Waals surface area contributed by atoms with Gasteiger partial charge in [-0.1, -0.05) is 70.1 Å². The van der Waals surface area contributed by atoms with Crippen molar-refractivity contribution in [2.45, 2.75) is 36.4 Å². The Kier molecular flexibility index (Phi) is 7.49. The SMILES string of the molecule is CCC(CC)C(Br)CNS(=O)(=O)c1ccc(Br)cc1Cl. The van der Waals surface area contributed by atoms with E-state index in [1.54, 1.807) is 12.1 Å². The molecule has 1 unspecified atom stereocenters. The third-order valence-corrected chi connectivity index (χ3v) is 6.68. The zero-order chi connectivity index (χ0) is 15.3. The lowest BCUT2D eigenvalue weighted by atomic mass is 10.00. The van der Waals surface area contributed by atoms with Crippen molar-refractivity contribution in [3.8, 4) is 0 Å². The highest BCUT2D eigenvalue weighted by atomic mass is 79.9. The normalized spacial score (nSPS) is 13.7. The Morgan fingerprint density at radius 3 is 2.40 bits per heavy atom. The maximum Gasteiger partial charge on any atom is 0.242 e. The quantitative estimate of drug-likeness (QED) is 0.622. The summed E-state index contributed by atoms with van der Waals surface area (Å²) >= 11 is 12.8. The van der Waals surface area contributed by atoms with Crippen LogP contribution < -0.4 is 4.72 Å². The zero-order valence-corrected chi connectivity index (χ0v) is 16.1. The molecule has 0 aliphatic heterocycles. The third kappa shape index (κ3) is 4.98. The molecule has 0 aliphatic rings. The molecule has 0 heterocycles. The lowest BCUT2D eigenvalue weighted by molar-refractivity contribution is 0.471. The first-order chi connectivity index (χ1) is 9.31. The zero-order valence-electron chi connectivity index (χ0n) is 11.4. The van der Waals surface area contributed by atoms with Gasteiger partial charge in [0.2, 0.25) is 10.0 Å². The van der Waals surface area contributed by atoms with Crippen LogP contribution in [0.15, 0.2) is 27.6 Å². The van der Waals surface area contributed by atoms with Crippen molar-refractivity contribution in [2.24, 2.45) is 5.92 Å². The summed E-state index contributed by atoms with van der Waals surface area (Å²) in [5.41, 5.74) is 0. The van der Waals surface area contributed by atoms with Crippen LogP contribution in [0.4, 0.5) is 0 Å². The molecule has 1 aromatic rings. The predicted molar refractivity (Wildman–Crippen MR) is 91.1 cm³/mol. The van der Waals surface area contributed by atoms with Gasteiger partial charge in [-0.3, -0.25) is 0 Å². The van der Waals surface area contributed by atoms with Crippen molar-refractivity contribution in [3.05, 3.63) is 27.7 Å². The fourth-order valence-corrected chi connectivity index (χ4v) is 5.15. The molecule has 0 aromatic heterocycles. The number of sulfonamides is 1. The summed E-state index contributed by atoms with van der Waals surface area (Å²) in [6.45, 7) is 4.55. The molecule has 0 spiro atoms. The van der Waals surface area contributed by atoms with E-state index in [9.17, 15) is 8.42 Å². The Hall–Kier alpha value is 0.380. The average molecular weight is 448 g/mol. The number of halogens is 3. The van der Waals surface area contributed by atoms with Crippen LogP contribution in [0, 0.1) is 5.92 Å². The van der Waals surface area contributed by atoms with Gasteiger partial charge in [0.1, 0.15) is 4.90 Å². The van der Waals surface area contributed by atoms with Crippen molar-refractivity contribution in [3.63, 3.8) is 0 Å². The van der Waals surface area contributed by atoms with Gasteiger partial charge in [0.25, 0.3) is 0 Å². The molecule has 0 saturated heterocycles. The van der Waals surface area contributed by atoms with Gasteiger partial charge in [-0.25, -0.2) is 13.1 Å². The topological polar surface area (TPSA) is 46.2 Å². The molecule has 3 nitrogen and oxygen atoms in total. The summed E-state index contributed by atoms with van der Waals surface area (Å²) < 4.78 is 27.8. The maximum atomic E-state index is 12.2. The third-order valence-electron chi connectivity index (χ3n) is 3.21. The van der Waals surface area contributed by atoms with Crippen molar-refractivity contribution < 1.29 is 8.42 Å². The van der Waals surface area contributed by atoms with Gasteiger partial charge in [-0.15, -0.1) is 0 Å². The highest BCUT2D eigenvalue weighted by molar-refractivity contribution is 9.10. The number of benzene rings is 1. The molecule has 0 bridgehead atoms. The van der Waals surface area contributed by atoms with Crippen molar-refractivity contribution in [1.82, 2.24) is 4.72 Å². The van der Waals surface area contributed by atoms with E-state index in [2.05, 4.69) is 50.4 Å². The van der Waals surface area contributed by atoms with Crippen LogP contribution in [0.2, 0.25) is 5.02 Å². The molecule has 0 aliphatic carbocycles. The molecular weight excluding hydrogens is 429 g/mol. The minimum absolute atomic E-state index is 0.103. The van der Waals surface area contributed by atoms with Crippen LogP contribution in [-0.2, 0) is 10.0 Å². The monoisotopic (exact) mass is 445 g/mol.